The first-order valence-electron chi connectivity index (χ1n) is 4.81. The van der Waals surface area contributed by atoms with Crippen LogP contribution in [0.2, 0.25) is 0 Å². The summed E-state index contributed by atoms with van der Waals surface area (Å²) < 4.78 is 39.0. The van der Waals surface area contributed by atoms with Gasteiger partial charge in [0.15, 0.2) is 6.29 Å². The Kier molecular flexibility index (Phi) is 2.95. The van der Waals surface area contributed by atoms with Crippen LogP contribution in [0.1, 0.15) is 10.4 Å². The molecule has 2 aromatic rings. The van der Waals surface area contributed by atoms with Gasteiger partial charge < -0.3 is 0 Å². The molecular formula is C13H7F3O. The number of carbonyl (C=O) groups is 1. The van der Waals surface area contributed by atoms with E-state index in [9.17, 15) is 18.0 Å². The molecule has 0 bridgehead atoms. The molecule has 0 unspecified atom stereocenters. The average molecular weight is 236 g/mol. The lowest BCUT2D eigenvalue weighted by Gasteiger charge is -2.04. The molecule has 0 fully saturated rings. The van der Waals surface area contributed by atoms with Gasteiger partial charge in [0.05, 0.1) is 5.56 Å². The highest BCUT2D eigenvalue weighted by Crippen LogP contribution is 2.23. The summed E-state index contributed by atoms with van der Waals surface area (Å²) in [6.07, 6.45) is 0.356. The number of carbonyl (C=O) groups excluding carboxylic acids is 1. The van der Waals surface area contributed by atoms with Crippen LogP contribution in [0.25, 0.3) is 11.1 Å². The lowest BCUT2D eigenvalue weighted by Crippen LogP contribution is -1.90. The largest absolute Gasteiger partial charge is 0.298 e. The van der Waals surface area contributed by atoms with Crippen LogP contribution in [-0.2, 0) is 0 Å². The van der Waals surface area contributed by atoms with E-state index in [0.29, 0.717) is 11.8 Å². The fourth-order valence-corrected chi connectivity index (χ4v) is 1.53. The van der Waals surface area contributed by atoms with Crippen molar-refractivity contribution in [3.63, 3.8) is 0 Å². The molecule has 0 aliphatic rings. The molecule has 0 saturated carbocycles. The molecule has 0 heterocycles. The van der Waals surface area contributed by atoms with Crippen molar-refractivity contribution in [2.24, 2.45) is 0 Å². The third-order valence-corrected chi connectivity index (χ3v) is 2.32. The molecule has 2 rings (SSSR count). The maximum absolute atomic E-state index is 13.1. The maximum Gasteiger partial charge on any atom is 0.153 e. The smallest absolute Gasteiger partial charge is 0.153 e. The number of benzene rings is 2. The quantitative estimate of drug-likeness (QED) is 0.728. The fraction of sp³-hybridized carbons (Fsp3) is 0. The standard InChI is InChI=1S/C13H7F3O/c14-11-4-9(5-12(15)6-11)8-1-2-13(16)10(3-8)7-17/h1-7H. The first-order valence-corrected chi connectivity index (χ1v) is 4.81. The fourth-order valence-electron chi connectivity index (χ4n) is 1.53. The van der Waals surface area contributed by atoms with E-state index in [0.717, 1.165) is 24.3 Å². The highest BCUT2D eigenvalue weighted by molar-refractivity contribution is 5.79. The Morgan fingerprint density at radius 3 is 2.06 bits per heavy atom. The molecule has 17 heavy (non-hydrogen) atoms. The van der Waals surface area contributed by atoms with Crippen LogP contribution in [0.5, 0.6) is 0 Å². The molecule has 4 heteroatoms. The van der Waals surface area contributed by atoms with E-state index in [1.54, 1.807) is 0 Å². The number of rotatable bonds is 2. The summed E-state index contributed by atoms with van der Waals surface area (Å²) in [6, 6.07) is 6.67. The summed E-state index contributed by atoms with van der Waals surface area (Å²) in [4.78, 5) is 10.6. The summed E-state index contributed by atoms with van der Waals surface area (Å²) in [5.41, 5.74) is 0.490. The summed E-state index contributed by atoms with van der Waals surface area (Å²) in [5, 5.41) is 0. The minimum absolute atomic E-state index is 0.146. The van der Waals surface area contributed by atoms with E-state index in [-0.39, 0.29) is 11.1 Å². The van der Waals surface area contributed by atoms with Gasteiger partial charge in [-0.05, 0) is 35.4 Å². The van der Waals surface area contributed by atoms with Gasteiger partial charge in [-0.3, -0.25) is 4.79 Å². The van der Waals surface area contributed by atoms with Gasteiger partial charge in [0, 0.05) is 6.07 Å². The zero-order valence-electron chi connectivity index (χ0n) is 8.58. The Hall–Kier alpha value is -2.10. The second kappa shape index (κ2) is 4.41. The molecule has 0 radical (unpaired) electrons. The molecule has 0 aromatic heterocycles. The average Bonchev–Trinajstić information content (AvgIpc) is 2.28. The first-order chi connectivity index (χ1) is 8.10. The zero-order valence-corrected chi connectivity index (χ0v) is 8.58. The van der Waals surface area contributed by atoms with Gasteiger partial charge in [0.2, 0.25) is 0 Å². The molecule has 86 valence electrons. The molecule has 0 spiro atoms. The second-order valence-corrected chi connectivity index (χ2v) is 3.51. The van der Waals surface area contributed by atoms with Gasteiger partial charge in [0.1, 0.15) is 17.5 Å². The van der Waals surface area contributed by atoms with Crippen LogP contribution < -0.4 is 0 Å². The van der Waals surface area contributed by atoms with E-state index in [1.165, 1.54) is 12.1 Å². The number of hydrogen-bond donors (Lipinski definition) is 0. The minimum atomic E-state index is -0.725. The van der Waals surface area contributed by atoms with Crippen molar-refractivity contribution in [3.8, 4) is 11.1 Å². The van der Waals surface area contributed by atoms with Crippen molar-refractivity contribution >= 4 is 6.29 Å². The van der Waals surface area contributed by atoms with Crippen LogP contribution >= 0.6 is 0 Å². The Morgan fingerprint density at radius 1 is 0.824 bits per heavy atom. The summed E-state index contributed by atoms with van der Waals surface area (Å²) >= 11 is 0. The molecule has 0 aliphatic heterocycles. The molecule has 0 saturated heterocycles. The van der Waals surface area contributed by atoms with Crippen molar-refractivity contribution in [2.45, 2.75) is 0 Å². The normalized spacial score (nSPS) is 10.3. The van der Waals surface area contributed by atoms with Gasteiger partial charge in [-0.25, -0.2) is 13.2 Å². The van der Waals surface area contributed by atoms with Crippen LogP contribution in [0.3, 0.4) is 0 Å². The lowest BCUT2D eigenvalue weighted by atomic mass is 10.0. The van der Waals surface area contributed by atoms with Gasteiger partial charge in [0.25, 0.3) is 0 Å². The first kappa shape index (κ1) is 11.4. The third kappa shape index (κ3) is 2.36. The van der Waals surface area contributed by atoms with Crippen molar-refractivity contribution in [1.29, 1.82) is 0 Å². The van der Waals surface area contributed by atoms with Crippen LogP contribution in [-0.4, -0.2) is 6.29 Å². The predicted molar refractivity (Wildman–Crippen MR) is 57.1 cm³/mol. The monoisotopic (exact) mass is 236 g/mol. The Balaban J connectivity index is 2.56. The van der Waals surface area contributed by atoms with Crippen molar-refractivity contribution in [2.75, 3.05) is 0 Å². The van der Waals surface area contributed by atoms with Crippen LogP contribution in [0, 0.1) is 17.5 Å². The number of aldehydes is 1. The second-order valence-electron chi connectivity index (χ2n) is 3.51. The molecular weight excluding hydrogens is 229 g/mol. The van der Waals surface area contributed by atoms with Gasteiger partial charge in [-0.15, -0.1) is 0 Å². The number of hydrogen-bond acceptors (Lipinski definition) is 1. The highest BCUT2D eigenvalue weighted by atomic mass is 19.1. The third-order valence-electron chi connectivity index (χ3n) is 2.32. The summed E-state index contributed by atoms with van der Waals surface area (Å²) in [6.45, 7) is 0. The Morgan fingerprint density at radius 2 is 1.47 bits per heavy atom. The van der Waals surface area contributed by atoms with Crippen molar-refractivity contribution < 1.29 is 18.0 Å². The molecule has 0 amide bonds. The highest BCUT2D eigenvalue weighted by Gasteiger charge is 2.06. The lowest BCUT2D eigenvalue weighted by molar-refractivity contribution is 0.112. The zero-order chi connectivity index (χ0) is 12.4. The van der Waals surface area contributed by atoms with Crippen molar-refractivity contribution in [3.05, 3.63) is 59.4 Å². The SMILES string of the molecule is O=Cc1cc(-c2cc(F)cc(F)c2)ccc1F. The maximum atomic E-state index is 13.1. The molecule has 0 atom stereocenters. The van der Waals surface area contributed by atoms with E-state index >= 15 is 0 Å². The molecule has 2 aromatic carbocycles. The van der Waals surface area contributed by atoms with Crippen LogP contribution in [0.4, 0.5) is 13.2 Å². The van der Waals surface area contributed by atoms with Gasteiger partial charge in [-0.2, -0.15) is 0 Å². The topological polar surface area (TPSA) is 17.1 Å². The summed E-state index contributed by atoms with van der Waals surface area (Å²) in [5.74, 6) is -2.12. The molecule has 0 N–H and O–H groups in total. The minimum Gasteiger partial charge on any atom is -0.298 e. The van der Waals surface area contributed by atoms with Gasteiger partial charge in [-0.1, -0.05) is 6.07 Å². The van der Waals surface area contributed by atoms with E-state index in [4.69, 9.17) is 0 Å². The Bertz CT molecular complexity index is 559. The van der Waals surface area contributed by atoms with Crippen molar-refractivity contribution in [1.82, 2.24) is 0 Å². The number of halogens is 3. The summed E-state index contributed by atoms with van der Waals surface area (Å²) in [7, 11) is 0. The molecule has 0 aliphatic carbocycles. The van der Waals surface area contributed by atoms with E-state index in [2.05, 4.69) is 0 Å². The van der Waals surface area contributed by atoms with E-state index < -0.39 is 17.5 Å². The van der Waals surface area contributed by atoms with Gasteiger partial charge >= 0.3 is 0 Å². The van der Waals surface area contributed by atoms with E-state index in [1.807, 2.05) is 0 Å². The van der Waals surface area contributed by atoms with Crippen LogP contribution in [0.15, 0.2) is 36.4 Å². The Labute approximate surface area is 95.5 Å². The molecule has 1 nitrogen and oxygen atoms in total. The predicted octanol–water partition coefficient (Wildman–Crippen LogP) is 3.58.